The number of carbonyl (C=O) groups is 1. The van der Waals surface area contributed by atoms with Crippen LogP contribution in [0.15, 0.2) is 48.5 Å². The van der Waals surface area contributed by atoms with Crippen LogP contribution in [0.5, 0.6) is 11.5 Å². The number of halogens is 1. The third-order valence-corrected chi connectivity index (χ3v) is 4.68. The lowest BCUT2D eigenvalue weighted by Crippen LogP contribution is -2.37. The fraction of sp³-hybridized carbons (Fsp3) is 0.435. The summed E-state index contributed by atoms with van der Waals surface area (Å²) in [6, 6.07) is 15.4. The van der Waals surface area contributed by atoms with Gasteiger partial charge in [0.05, 0.1) is 14.2 Å². The van der Waals surface area contributed by atoms with E-state index in [0.29, 0.717) is 36.9 Å². The van der Waals surface area contributed by atoms with Crippen molar-refractivity contribution in [3.05, 3.63) is 59.7 Å². The molecule has 0 aliphatic heterocycles. The summed E-state index contributed by atoms with van der Waals surface area (Å²) in [5, 5.41) is 0. The molecule has 2 aromatic carbocycles. The first kappa shape index (κ1) is 24.8. The molecular weight excluding hydrogens is 388 g/mol. The predicted octanol–water partition coefficient (Wildman–Crippen LogP) is 4.24. The minimum atomic E-state index is -0.288. The molecule has 0 bridgehead atoms. The Morgan fingerprint density at radius 3 is 2.28 bits per heavy atom. The van der Waals surface area contributed by atoms with E-state index in [1.807, 2.05) is 53.4 Å². The van der Waals surface area contributed by atoms with Gasteiger partial charge in [0.25, 0.3) is 0 Å². The summed E-state index contributed by atoms with van der Waals surface area (Å²) >= 11 is 0. The van der Waals surface area contributed by atoms with E-state index in [1.54, 1.807) is 14.2 Å². The quantitative estimate of drug-likeness (QED) is 0.624. The zero-order valence-electron chi connectivity index (χ0n) is 17.8. The van der Waals surface area contributed by atoms with Crippen molar-refractivity contribution in [1.82, 2.24) is 4.90 Å². The van der Waals surface area contributed by atoms with Gasteiger partial charge in [0.15, 0.2) is 11.5 Å². The number of nitrogens with zero attached hydrogens (tertiary/aromatic N) is 1. The first-order valence-corrected chi connectivity index (χ1v) is 9.73. The van der Waals surface area contributed by atoms with Gasteiger partial charge in [-0.05, 0) is 35.6 Å². The second-order valence-electron chi connectivity index (χ2n) is 7.39. The summed E-state index contributed by atoms with van der Waals surface area (Å²) in [7, 11) is 3.25. The molecule has 0 heterocycles. The van der Waals surface area contributed by atoms with Crippen LogP contribution in [-0.2, 0) is 11.2 Å². The first-order chi connectivity index (χ1) is 13.4. The molecule has 0 saturated heterocycles. The normalized spacial score (nSPS) is 11.5. The van der Waals surface area contributed by atoms with Crippen LogP contribution >= 0.6 is 12.4 Å². The van der Waals surface area contributed by atoms with Gasteiger partial charge in [-0.15, -0.1) is 12.4 Å². The van der Waals surface area contributed by atoms with Gasteiger partial charge in [0.1, 0.15) is 0 Å². The van der Waals surface area contributed by atoms with Crippen molar-refractivity contribution in [2.24, 2.45) is 11.7 Å². The van der Waals surface area contributed by atoms with Crippen molar-refractivity contribution >= 4 is 18.3 Å². The molecule has 1 atom stereocenters. The van der Waals surface area contributed by atoms with Gasteiger partial charge < -0.3 is 20.1 Å². The maximum atomic E-state index is 12.9. The number of carbonyl (C=O) groups excluding carboxylic acids is 1. The molecule has 2 N–H and O–H groups in total. The van der Waals surface area contributed by atoms with Crippen molar-refractivity contribution in [3.63, 3.8) is 0 Å². The number of ether oxygens (including phenoxy) is 2. The highest BCUT2D eigenvalue weighted by atomic mass is 35.5. The highest BCUT2D eigenvalue weighted by molar-refractivity contribution is 5.85. The Labute approximate surface area is 180 Å². The molecular formula is C23H33ClN2O3. The summed E-state index contributed by atoms with van der Waals surface area (Å²) in [4.78, 5) is 14.8. The summed E-state index contributed by atoms with van der Waals surface area (Å²) in [5.41, 5.74) is 8.35. The Kier molecular flexibility index (Phi) is 10.6. The molecule has 29 heavy (non-hydrogen) atoms. The molecule has 0 spiro atoms. The second kappa shape index (κ2) is 12.3. The Morgan fingerprint density at radius 2 is 1.69 bits per heavy atom. The topological polar surface area (TPSA) is 64.8 Å². The molecule has 0 aromatic heterocycles. The Morgan fingerprint density at radius 1 is 1.03 bits per heavy atom. The van der Waals surface area contributed by atoms with Gasteiger partial charge in [-0.1, -0.05) is 50.2 Å². The third kappa shape index (κ3) is 7.59. The smallest absolute Gasteiger partial charge is 0.224 e. The summed E-state index contributed by atoms with van der Waals surface area (Å²) in [5.74, 6) is 1.89. The van der Waals surface area contributed by atoms with Crippen LogP contribution in [0, 0.1) is 5.92 Å². The fourth-order valence-corrected chi connectivity index (χ4v) is 3.19. The van der Waals surface area contributed by atoms with E-state index in [0.717, 1.165) is 17.5 Å². The van der Waals surface area contributed by atoms with Gasteiger partial charge in [-0.3, -0.25) is 4.79 Å². The van der Waals surface area contributed by atoms with Crippen molar-refractivity contribution in [2.75, 3.05) is 27.3 Å². The van der Waals surface area contributed by atoms with Gasteiger partial charge >= 0.3 is 0 Å². The lowest BCUT2D eigenvalue weighted by Gasteiger charge is -2.26. The van der Waals surface area contributed by atoms with Crippen LogP contribution < -0.4 is 15.2 Å². The predicted molar refractivity (Wildman–Crippen MR) is 120 cm³/mol. The maximum absolute atomic E-state index is 12.9. The standard InChI is InChI=1S/C23H32N2O3.ClH/c1-17(2)16-25(23(26)15-20(24)19-8-6-5-7-9-19)13-12-18-10-11-21(27-3)22(14-18)28-4;/h5-11,14,17,20H,12-13,15-16,24H2,1-4H3;1H. The zero-order valence-corrected chi connectivity index (χ0v) is 18.6. The zero-order chi connectivity index (χ0) is 20.5. The summed E-state index contributed by atoms with van der Waals surface area (Å²) in [6.07, 6.45) is 1.06. The van der Waals surface area contributed by atoms with Gasteiger partial charge in [0, 0.05) is 25.6 Å². The fourth-order valence-electron chi connectivity index (χ4n) is 3.19. The van der Waals surface area contributed by atoms with E-state index < -0.39 is 0 Å². The van der Waals surface area contributed by atoms with Gasteiger partial charge in [-0.2, -0.15) is 0 Å². The molecule has 0 radical (unpaired) electrons. The molecule has 0 fully saturated rings. The molecule has 2 rings (SSSR count). The van der Waals surface area contributed by atoms with E-state index in [9.17, 15) is 4.79 Å². The molecule has 5 nitrogen and oxygen atoms in total. The highest BCUT2D eigenvalue weighted by Crippen LogP contribution is 2.27. The number of hydrogen-bond donors (Lipinski definition) is 1. The number of rotatable bonds is 10. The third-order valence-electron chi connectivity index (χ3n) is 4.68. The van der Waals surface area contributed by atoms with Crippen molar-refractivity contribution in [2.45, 2.75) is 32.7 Å². The van der Waals surface area contributed by atoms with E-state index in [-0.39, 0.29) is 24.4 Å². The van der Waals surface area contributed by atoms with E-state index >= 15 is 0 Å². The van der Waals surface area contributed by atoms with Crippen molar-refractivity contribution < 1.29 is 14.3 Å². The average molecular weight is 421 g/mol. The van der Waals surface area contributed by atoms with Crippen molar-refractivity contribution in [1.29, 1.82) is 0 Å². The summed E-state index contributed by atoms with van der Waals surface area (Å²) < 4.78 is 10.7. The van der Waals surface area contributed by atoms with Crippen LogP contribution in [-0.4, -0.2) is 38.1 Å². The minimum absolute atomic E-state index is 0. The average Bonchev–Trinajstić information content (AvgIpc) is 2.71. The Bertz CT molecular complexity index is 753. The number of benzene rings is 2. The second-order valence-corrected chi connectivity index (χ2v) is 7.39. The molecule has 0 aliphatic carbocycles. The molecule has 0 saturated carbocycles. The summed E-state index contributed by atoms with van der Waals surface area (Å²) in [6.45, 7) is 5.60. The monoisotopic (exact) mass is 420 g/mol. The van der Waals surface area contributed by atoms with Gasteiger partial charge in [0.2, 0.25) is 5.91 Å². The number of amides is 1. The van der Waals surface area contributed by atoms with E-state index in [4.69, 9.17) is 15.2 Å². The van der Waals surface area contributed by atoms with E-state index in [1.165, 1.54) is 0 Å². The number of nitrogens with two attached hydrogens (primary N) is 1. The van der Waals surface area contributed by atoms with Crippen LogP contribution in [0.2, 0.25) is 0 Å². The number of methoxy groups -OCH3 is 2. The largest absolute Gasteiger partial charge is 0.493 e. The molecule has 160 valence electrons. The molecule has 1 amide bonds. The molecule has 0 aliphatic rings. The van der Waals surface area contributed by atoms with Crippen molar-refractivity contribution in [3.8, 4) is 11.5 Å². The van der Waals surface area contributed by atoms with Crippen LogP contribution in [0.25, 0.3) is 0 Å². The Hall–Kier alpha value is -2.24. The molecule has 1 unspecified atom stereocenters. The van der Waals surface area contributed by atoms with E-state index in [2.05, 4.69) is 13.8 Å². The maximum Gasteiger partial charge on any atom is 0.224 e. The molecule has 2 aromatic rings. The SMILES string of the molecule is COc1ccc(CCN(CC(C)C)C(=O)CC(N)c2ccccc2)cc1OC.Cl. The molecule has 6 heteroatoms. The first-order valence-electron chi connectivity index (χ1n) is 9.73. The van der Waals surface area contributed by atoms with Gasteiger partial charge in [-0.25, -0.2) is 0 Å². The number of hydrogen-bond acceptors (Lipinski definition) is 4. The lowest BCUT2D eigenvalue weighted by molar-refractivity contribution is -0.132. The lowest BCUT2D eigenvalue weighted by atomic mass is 10.0. The highest BCUT2D eigenvalue weighted by Gasteiger charge is 2.19. The van der Waals surface area contributed by atoms with Crippen LogP contribution in [0.1, 0.15) is 37.4 Å². The van der Waals surface area contributed by atoms with Crippen LogP contribution in [0.4, 0.5) is 0 Å². The minimum Gasteiger partial charge on any atom is -0.493 e. The Balaban J connectivity index is 0.00000420. The van der Waals surface area contributed by atoms with Crippen LogP contribution in [0.3, 0.4) is 0 Å².